The highest BCUT2D eigenvalue weighted by molar-refractivity contribution is 9.10. The van der Waals surface area contributed by atoms with Gasteiger partial charge >= 0.3 is 0 Å². The van der Waals surface area contributed by atoms with Gasteiger partial charge in [-0.1, -0.05) is 19.1 Å². The van der Waals surface area contributed by atoms with Crippen LogP contribution in [-0.2, 0) is 0 Å². The molecule has 2 rings (SSSR count). The predicted molar refractivity (Wildman–Crippen MR) is 72.9 cm³/mol. The fraction of sp³-hybridized carbons (Fsp3) is 0.538. The molecule has 1 N–H and O–H groups in total. The third-order valence-corrected chi connectivity index (χ3v) is 3.82. The zero-order valence-electron chi connectivity index (χ0n) is 9.75. The number of nitrogens with one attached hydrogen (secondary N) is 1. The molecule has 1 aromatic carbocycles. The molecule has 0 aromatic heterocycles. The van der Waals surface area contributed by atoms with Crippen LogP contribution in [0.4, 0.5) is 5.69 Å². The van der Waals surface area contributed by atoms with E-state index in [1.54, 1.807) is 0 Å². The van der Waals surface area contributed by atoms with Crippen LogP contribution in [-0.4, -0.2) is 31.1 Å². The first-order valence-electron chi connectivity index (χ1n) is 5.96. The Kier molecular flexibility index (Phi) is 4.24. The number of nitrogens with zero attached hydrogens (tertiary/aromatic N) is 1. The zero-order chi connectivity index (χ0) is 11.4. The average Bonchev–Trinajstić information content (AvgIpc) is 2.67. The van der Waals surface area contributed by atoms with Crippen LogP contribution >= 0.6 is 15.9 Å². The molecule has 0 amide bonds. The van der Waals surface area contributed by atoms with Crippen molar-refractivity contribution in [2.45, 2.75) is 13.3 Å². The summed E-state index contributed by atoms with van der Waals surface area (Å²) in [5, 5.41) is 3.47. The first kappa shape index (κ1) is 11.9. The SMILES string of the molecule is CC1CCN(CCNc2ccccc2Br)C1. The molecule has 16 heavy (non-hydrogen) atoms. The molecule has 0 aliphatic carbocycles. The number of hydrogen-bond donors (Lipinski definition) is 1. The number of rotatable bonds is 4. The van der Waals surface area contributed by atoms with E-state index in [2.05, 4.69) is 51.3 Å². The molecule has 2 nitrogen and oxygen atoms in total. The van der Waals surface area contributed by atoms with Crippen LogP contribution in [0.2, 0.25) is 0 Å². The smallest absolute Gasteiger partial charge is 0.0485 e. The fourth-order valence-electron chi connectivity index (χ4n) is 2.18. The average molecular weight is 283 g/mol. The van der Waals surface area contributed by atoms with Crippen LogP contribution in [0.15, 0.2) is 28.7 Å². The highest BCUT2D eigenvalue weighted by Gasteiger charge is 2.17. The summed E-state index contributed by atoms with van der Waals surface area (Å²) in [5.41, 5.74) is 1.19. The lowest BCUT2D eigenvalue weighted by molar-refractivity contribution is 0.341. The van der Waals surface area contributed by atoms with Crippen molar-refractivity contribution < 1.29 is 0 Å². The fourth-order valence-corrected chi connectivity index (χ4v) is 2.61. The van der Waals surface area contributed by atoms with Gasteiger partial charge in [-0.15, -0.1) is 0 Å². The topological polar surface area (TPSA) is 15.3 Å². The predicted octanol–water partition coefficient (Wildman–Crippen LogP) is 3.20. The Bertz CT molecular complexity index is 340. The Morgan fingerprint density at radius 1 is 1.44 bits per heavy atom. The van der Waals surface area contributed by atoms with Crippen LogP contribution in [0.1, 0.15) is 13.3 Å². The largest absolute Gasteiger partial charge is 0.383 e. The van der Waals surface area contributed by atoms with Crippen LogP contribution in [0.25, 0.3) is 0 Å². The van der Waals surface area contributed by atoms with E-state index in [9.17, 15) is 0 Å². The van der Waals surface area contributed by atoms with E-state index in [0.29, 0.717) is 0 Å². The highest BCUT2D eigenvalue weighted by Crippen LogP contribution is 2.21. The van der Waals surface area contributed by atoms with Gasteiger partial charge in [0.2, 0.25) is 0 Å². The number of benzene rings is 1. The number of hydrogen-bond acceptors (Lipinski definition) is 2. The maximum absolute atomic E-state index is 3.54. The van der Waals surface area contributed by atoms with E-state index >= 15 is 0 Å². The molecular formula is C13H19BrN2. The molecule has 1 fully saturated rings. The van der Waals surface area contributed by atoms with Gasteiger partial charge in [0.1, 0.15) is 0 Å². The van der Waals surface area contributed by atoms with Crippen LogP contribution in [0, 0.1) is 5.92 Å². The molecule has 1 aliphatic rings. The van der Waals surface area contributed by atoms with E-state index in [4.69, 9.17) is 0 Å². The zero-order valence-corrected chi connectivity index (χ0v) is 11.3. The molecular weight excluding hydrogens is 264 g/mol. The van der Waals surface area contributed by atoms with Crippen molar-refractivity contribution in [1.29, 1.82) is 0 Å². The quantitative estimate of drug-likeness (QED) is 0.913. The lowest BCUT2D eigenvalue weighted by Crippen LogP contribution is -2.26. The van der Waals surface area contributed by atoms with Gasteiger partial charge in [0.25, 0.3) is 0 Å². The van der Waals surface area contributed by atoms with E-state index in [-0.39, 0.29) is 0 Å². The minimum absolute atomic E-state index is 0.878. The Labute approximate surface area is 106 Å². The third-order valence-electron chi connectivity index (χ3n) is 3.13. The summed E-state index contributed by atoms with van der Waals surface area (Å²) in [6.45, 7) is 7.03. The van der Waals surface area contributed by atoms with E-state index in [0.717, 1.165) is 23.5 Å². The molecule has 1 unspecified atom stereocenters. The molecule has 1 saturated heterocycles. The van der Waals surface area contributed by atoms with Crippen molar-refractivity contribution in [3.05, 3.63) is 28.7 Å². The molecule has 0 saturated carbocycles. The van der Waals surface area contributed by atoms with Gasteiger partial charge in [0, 0.05) is 29.8 Å². The Hall–Kier alpha value is -0.540. The number of para-hydroxylation sites is 1. The first-order valence-corrected chi connectivity index (χ1v) is 6.76. The lowest BCUT2D eigenvalue weighted by atomic mass is 10.2. The van der Waals surface area contributed by atoms with E-state index in [1.807, 2.05) is 6.07 Å². The summed E-state index contributed by atoms with van der Waals surface area (Å²) in [6.07, 6.45) is 1.36. The van der Waals surface area contributed by atoms with Crippen LogP contribution < -0.4 is 5.32 Å². The number of anilines is 1. The van der Waals surface area contributed by atoms with Crippen LogP contribution in [0.5, 0.6) is 0 Å². The summed E-state index contributed by atoms with van der Waals surface area (Å²) in [7, 11) is 0. The second-order valence-electron chi connectivity index (χ2n) is 4.60. The maximum atomic E-state index is 3.54. The summed E-state index contributed by atoms with van der Waals surface area (Å²) in [5.74, 6) is 0.878. The van der Waals surface area contributed by atoms with Gasteiger partial charge in [0.15, 0.2) is 0 Å². The standard InChI is InChI=1S/C13H19BrN2/c1-11-6-8-16(10-11)9-7-15-13-5-3-2-4-12(13)14/h2-5,11,15H,6-10H2,1H3. The lowest BCUT2D eigenvalue weighted by Gasteiger charge is -2.16. The molecule has 3 heteroatoms. The van der Waals surface area contributed by atoms with Gasteiger partial charge < -0.3 is 10.2 Å². The summed E-state index contributed by atoms with van der Waals surface area (Å²) in [6, 6.07) is 8.28. The Balaban J connectivity index is 1.74. The second-order valence-corrected chi connectivity index (χ2v) is 5.46. The van der Waals surface area contributed by atoms with E-state index in [1.165, 1.54) is 25.2 Å². The maximum Gasteiger partial charge on any atom is 0.0485 e. The second kappa shape index (κ2) is 5.69. The molecule has 1 atom stereocenters. The van der Waals surface area contributed by atoms with Gasteiger partial charge in [-0.2, -0.15) is 0 Å². The summed E-state index contributed by atoms with van der Waals surface area (Å²) in [4.78, 5) is 2.54. The van der Waals surface area contributed by atoms with Crippen molar-refractivity contribution in [2.24, 2.45) is 5.92 Å². The van der Waals surface area contributed by atoms with Gasteiger partial charge in [0.05, 0.1) is 0 Å². The van der Waals surface area contributed by atoms with Gasteiger partial charge in [-0.05, 0) is 46.9 Å². The summed E-state index contributed by atoms with van der Waals surface area (Å²) >= 11 is 3.54. The first-order chi connectivity index (χ1) is 7.75. The normalized spacial score (nSPS) is 21.2. The van der Waals surface area contributed by atoms with Crippen molar-refractivity contribution in [2.75, 3.05) is 31.5 Å². The minimum atomic E-state index is 0.878. The van der Waals surface area contributed by atoms with Gasteiger partial charge in [-0.25, -0.2) is 0 Å². The molecule has 1 aromatic rings. The Morgan fingerprint density at radius 3 is 2.94 bits per heavy atom. The molecule has 0 spiro atoms. The van der Waals surface area contributed by atoms with Crippen molar-refractivity contribution in [3.63, 3.8) is 0 Å². The molecule has 1 aliphatic heterocycles. The summed E-state index contributed by atoms with van der Waals surface area (Å²) < 4.78 is 1.14. The number of halogens is 1. The van der Waals surface area contributed by atoms with Crippen molar-refractivity contribution in [3.8, 4) is 0 Å². The molecule has 0 radical (unpaired) electrons. The highest BCUT2D eigenvalue weighted by atomic mass is 79.9. The number of likely N-dealkylation sites (tertiary alicyclic amines) is 1. The molecule has 0 bridgehead atoms. The van der Waals surface area contributed by atoms with E-state index < -0.39 is 0 Å². The van der Waals surface area contributed by atoms with Crippen molar-refractivity contribution >= 4 is 21.6 Å². The van der Waals surface area contributed by atoms with Crippen LogP contribution in [0.3, 0.4) is 0 Å². The van der Waals surface area contributed by atoms with Crippen molar-refractivity contribution in [1.82, 2.24) is 4.90 Å². The monoisotopic (exact) mass is 282 g/mol. The minimum Gasteiger partial charge on any atom is -0.383 e. The molecule has 1 heterocycles. The Morgan fingerprint density at radius 2 is 2.25 bits per heavy atom. The van der Waals surface area contributed by atoms with Gasteiger partial charge in [-0.3, -0.25) is 0 Å². The third kappa shape index (κ3) is 3.22. The molecule has 88 valence electrons.